The van der Waals surface area contributed by atoms with Gasteiger partial charge in [0.15, 0.2) is 11.6 Å². The molecule has 0 aromatic heterocycles. The third-order valence-corrected chi connectivity index (χ3v) is 5.74. The summed E-state index contributed by atoms with van der Waals surface area (Å²) < 4.78 is 0. The quantitative estimate of drug-likeness (QED) is 0.193. The SMILES string of the molecule is C#C/C=C(C(=O)c1ccc(SC)cc1)\C(=C/CC(=O)c1ccc(SC)cc1)C(=O)O. The maximum absolute atomic E-state index is 12.9. The number of terminal acetylenes is 1. The van der Waals surface area contributed by atoms with E-state index in [-0.39, 0.29) is 23.4 Å². The average molecular weight is 437 g/mol. The Hall–Kier alpha value is -3.01. The zero-order chi connectivity index (χ0) is 22.1. The van der Waals surface area contributed by atoms with Crippen molar-refractivity contribution in [2.24, 2.45) is 0 Å². The van der Waals surface area contributed by atoms with Gasteiger partial charge in [0.1, 0.15) is 0 Å². The number of carboxylic acids is 1. The molecule has 30 heavy (non-hydrogen) atoms. The van der Waals surface area contributed by atoms with E-state index in [1.807, 2.05) is 24.6 Å². The molecule has 0 atom stereocenters. The van der Waals surface area contributed by atoms with Gasteiger partial charge in [-0.25, -0.2) is 4.79 Å². The van der Waals surface area contributed by atoms with Crippen LogP contribution in [0.1, 0.15) is 27.1 Å². The monoisotopic (exact) mass is 436 g/mol. The molecule has 0 unspecified atom stereocenters. The number of carbonyl (C=O) groups excluding carboxylic acids is 2. The van der Waals surface area contributed by atoms with Crippen LogP contribution in [0.5, 0.6) is 0 Å². The molecule has 0 saturated carbocycles. The van der Waals surface area contributed by atoms with Crippen molar-refractivity contribution in [3.63, 3.8) is 0 Å². The van der Waals surface area contributed by atoms with Gasteiger partial charge in [-0.1, -0.05) is 24.1 Å². The van der Waals surface area contributed by atoms with Crippen LogP contribution in [0.2, 0.25) is 0 Å². The Bertz CT molecular complexity index is 1040. The zero-order valence-corrected chi connectivity index (χ0v) is 18.2. The number of hydrogen-bond acceptors (Lipinski definition) is 5. The molecule has 0 saturated heterocycles. The molecule has 2 aromatic rings. The molecule has 0 amide bonds. The summed E-state index contributed by atoms with van der Waals surface area (Å²) in [5.41, 5.74) is 0.365. The van der Waals surface area contributed by atoms with Gasteiger partial charge >= 0.3 is 5.97 Å². The third kappa shape index (κ3) is 5.99. The van der Waals surface area contributed by atoms with Crippen LogP contribution in [0, 0.1) is 12.3 Å². The molecule has 2 aromatic carbocycles. The van der Waals surface area contributed by atoms with Gasteiger partial charge in [0.25, 0.3) is 0 Å². The summed E-state index contributed by atoms with van der Waals surface area (Å²) in [6, 6.07) is 13.8. The third-order valence-electron chi connectivity index (χ3n) is 4.25. The predicted molar refractivity (Wildman–Crippen MR) is 122 cm³/mol. The van der Waals surface area contributed by atoms with Crippen molar-refractivity contribution in [3.8, 4) is 12.3 Å². The molecule has 0 heterocycles. The number of aliphatic carboxylic acids is 1. The lowest BCUT2D eigenvalue weighted by Crippen LogP contribution is -2.13. The van der Waals surface area contributed by atoms with Crippen molar-refractivity contribution in [1.29, 1.82) is 0 Å². The number of carboxylic acid groups (broad SMARTS) is 1. The number of rotatable bonds is 9. The van der Waals surface area contributed by atoms with Crippen LogP contribution in [0.3, 0.4) is 0 Å². The number of allylic oxidation sites excluding steroid dienone is 2. The molecule has 2 rings (SSSR count). The van der Waals surface area contributed by atoms with Crippen LogP contribution in [0.25, 0.3) is 0 Å². The molecule has 0 fully saturated rings. The van der Waals surface area contributed by atoms with Gasteiger partial charge in [-0.15, -0.1) is 29.9 Å². The van der Waals surface area contributed by atoms with E-state index in [4.69, 9.17) is 6.42 Å². The lowest BCUT2D eigenvalue weighted by molar-refractivity contribution is -0.132. The van der Waals surface area contributed by atoms with Crippen LogP contribution in [-0.2, 0) is 4.79 Å². The summed E-state index contributed by atoms with van der Waals surface area (Å²) in [5, 5.41) is 9.65. The van der Waals surface area contributed by atoms with Crippen LogP contribution >= 0.6 is 23.5 Å². The normalized spacial score (nSPS) is 11.6. The van der Waals surface area contributed by atoms with E-state index in [1.165, 1.54) is 17.8 Å². The smallest absolute Gasteiger partial charge is 0.336 e. The molecule has 0 bridgehead atoms. The van der Waals surface area contributed by atoms with Crippen molar-refractivity contribution in [3.05, 3.63) is 83.0 Å². The van der Waals surface area contributed by atoms with Gasteiger partial charge in [0, 0.05) is 32.9 Å². The fourth-order valence-electron chi connectivity index (χ4n) is 2.65. The Morgan fingerprint density at radius 2 is 1.40 bits per heavy atom. The minimum Gasteiger partial charge on any atom is -0.478 e. The second-order valence-electron chi connectivity index (χ2n) is 6.06. The molecule has 0 spiro atoms. The Kier molecular flexibility index (Phi) is 8.72. The molecule has 4 nitrogen and oxygen atoms in total. The lowest BCUT2D eigenvalue weighted by atomic mass is 9.94. The molecule has 0 aliphatic heterocycles. The molecule has 6 heteroatoms. The Morgan fingerprint density at radius 1 is 0.900 bits per heavy atom. The summed E-state index contributed by atoms with van der Waals surface area (Å²) in [7, 11) is 0. The number of Topliss-reactive ketones (excluding diaryl/α,β-unsaturated/α-hetero) is 2. The summed E-state index contributed by atoms with van der Waals surface area (Å²) in [6.07, 6.45) is 11.4. The fraction of sp³-hybridized carbons (Fsp3) is 0.125. The topological polar surface area (TPSA) is 71.4 Å². The van der Waals surface area contributed by atoms with Crippen molar-refractivity contribution in [1.82, 2.24) is 0 Å². The summed E-state index contributed by atoms with van der Waals surface area (Å²) in [5.74, 6) is 0.147. The van der Waals surface area contributed by atoms with Crippen molar-refractivity contribution >= 4 is 41.1 Å². The first-order chi connectivity index (χ1) is 14.4. The number of hydrogen-bond donors (Lipinski definition) is 1. The van der Waals surface area contributed by atoms with E-state index in [1.54, 1.807) is 48.2 Å². The highest BCUT2D eigenvalue weighted by molar-refractivity contribution is 7.98. The lowest BCUT2D eigenvalue weighted by Gasteiger charge is -2.08. The maximum Gasteiger partial charge on any atom is 0.336 e. The second-order valence-corrected chi connectivity index (χ2v) is 7.82. The molecule has 0 radical (unpaired) electrons. The van der Waals surface area contributed by atoms with Gasteiger partial charge in [0.2, 0.25) is 0 Å². The number of carbonyl (C=O) groups is 3. The molecule has 1 N–H and O–H groups in total. The summed E-state index contributed by atoms with van der Waals surface area (Å²) in [4.78, 5) is 39.2. The minimum atomic E-state index is -1.32. The van der Waals surface area contributed by atoms with Gasteiger partial charge in [-0.2, -0.15) is 0 Å². The van der Waals surface area contributed by atoms with E-state index < -0.39 is 11.8 Å². The molecular formula is C24H20O4S2. The largest absolute Gasteiger partial charge is 0.478 e. The molecule has 0 aliphatic carbocycles. The van der Waals surface area contributed by atoms with Crippen LogP contribution in [-0.4, -0.2) is 35.2 Å². The molecular weight excluding hydrogens is 416 g/mol. The van der Waals surface area contributed by atoms with Crippen molar-refractivity contribution in [2.45, 2.75) is 16.2 Å². The molecule has 0 aliphatic rings. The van der Waals surface area contributed by atoms with Gasteiger partial charge in [0.05, 0.1) is 5.57 Å². The van der Waals surface area contributed by atoms with E-state index in [2.05, 4.69) is 5.92 Å². The van der Waals surface area contributed by atoms with Crippen LogP contribution in [0.4, 0.5) is 0 Å². The van der Waals surface area contributed by atoms with Crippen molar-refractivity contribution in [2.75, 3.05) is 12.5 Å². The highest BCUT2D eigenvalue weighted by atomic mass is 32.2. The van der Waals surface area contributed by atoms with E-state index in [0.29, 0.717) is 11.1 Å². The first kappa shape index (κ1) is 23.3. The number of thioether (sulfide) groups is 2. The second kappa shape index (κ2) is 11.2. The van der Waals surface area contributed by atoms with Gasteiger partial charge in [-0.3, -0.25) is 9.59 Å². The van der Waals surface area contributed by atoms with Gasteiger partial charge < -0.3 is 5.11 Å². The Labute approximate surface area is 184 Å². The van der Waals surface area contributed by atoms with Crippen LogP contribution in [0.15, 0.2) is 81.6 Å². The first-order valence-corrected chi connectivity index (χ1v) is 11.3. The minimum absolute atomic E-state index is 0.132. The van der Waals surface area contributed by atoms with E-state index >= 15 is 0 Å². The van der Waals surface area contributed by atoms with Gasteiger partial charge in [-0.05, 0) is 55.0 Å². The maximum atomic E-state index is 12.9. The molecule has 152 valence electrons. The highest BCUT2D eigenvalue weighted by Crippen LogP contribution is 2.22. The zero-order valence-electron chi connectivity index (χ0n) is 16.5. The standard InChI is InChI=1S/C24H20O4S2/c1-4-5-20(23(26)17-8-12-19(30-3)13-9-17)21(24(27)28)14-15-22(25)16-6-10-18(29-2)11-7-16/h1,5-14H,15H2,2-3H3,(H,27,28)/b20-5+,21-14+. The van der Waals surface area contributed by atoms with Crippen molar-refractivity contribution < 1.29 is 19.5 Å². The summed E-state index contributed by atoms with van der Waals surface area (Å²) in [6.45, 7) is 0. The Morgan fingerprint density at radius 3 is 1.83 bits per heavy atom. The Balaban J connectivity index is 2.32. The fourth-order valence-corrected chi connectivity index (χ4v) is 3.47. The van der Waals surface area contributed by atoms with E-state index in [0.717, 1.165) is 15.9 Å². The average Bonchev–Trinajstić information content (AvgIpc) is 2.77. The van der Waals surface area contributed by atoms with E-state index in [9.17, 15) is 19.5 Å². The number of benzene rings is 2. The highest BCUT2D eigenvalue weighted by Gasteiger charge is 2.22. The summed E-state index contributed by atoms with van der Waals surface area (Å²) >= 11 is 3.09. The first-order valence-electron chi connectivity index (χ1n) is 8.87. The van der Waals surface area contributed by atoms with Crippen LogP contribution < -0.4 is 0 Å². The number of ketones is 2. The predicted octanol–water partition coefficient (Wildman–Crippen LogP) is 5.16.